The maximum atomic E-state index is 10.8. The second kappa shape index (κ2) is 4.08. The summed E-state index contributed by atoms with van der Waals surface area (Å²) < 4.78 is 4.37. The van der Waals surface area contributed by atoms with Gasteiger partial charge >= 0.3 is 11.9 Å². The zero-order valence-corrected chi connectivity index (χ0v) is 6.96. The molecule has 0 amide bonds. The van der Waals surface area contributed by atoms with Crippen molar-refractivity contribution in [3.63, 3.8) is 0 Å². The van der Waals surface area contributed by atoms with E-state index in [0.717, 1.165) is 0 Å². The molecule has 0 radical (unpaired) electrons. The fraction of sp³-hybridized carbons (Fsp3) is 0.714. The molecule has 0 unspecified atom stereocenters. The Labute approximate surface area is 65.7 Å². The first-order chi connectivity index (χ1) is 4.95. The Morgan fingerprint density at radius 2 is 1.64 bits per heavy atom. The number of carbonyl (C=O) groups excluding carboxylic acids is 2. The average molecular weight is 159 g/mol. The van der Waals surface area contributed by atoms with Crippen LogP contribution >= 0.6 is 0 Å². The Hall–Kier alpha value is -0.900. The molecule has 0 aromatic rings. The normalized spacial score (nSPS) is 12.8. The van der Waals surface area contributed by atoms with Gasteiger partial charge in [0.25, 0.3) is 0 Å². The summed E-state index contributed by atoms with van der Waals surface area (Å²) in [5.41, 5.74) is 5.16. The highest BCUT2D eigenvalue weighted by atomic mass is 16.6. The van der Waals surface area contributed by atoms with Gasteiger partial charge in [-0.2, -0.15) is 0 Å². The number of esters is 2. The van der Waals surface area contributed by atoms with Gasteiger partial charge in [-0.1, -0.05) is 13.8 Å². The standard InChI is InChI=1S/C7H13NO3/c1-4(2)6(9)11-7(10)5(3)8/h4-5H,8H2,1-3H3/t5-/m0/s1. The Kier molecular flexibility index (Phi) is 3.74. The highest BCUT2D eigenvalue weighted by Crippen LogP contribution is 1.96. The molecule has 0 fully saturated rings. The first-order valence-corrected chi connectivity index (χ1v) is 3.46. The van der Waals surface area contributed by atoms with E-state index in [1.807, 2.05) is 0 Å². The second-order valence-electron chi connectivity index (χ2n) is 2.68. The van der Waals surface area contributed by atoms with Crippen molar-refractivity contribution in [2.45, 2.75) is 26.8 Å². The minimum Gasteiger partial charge on any atom is -0.392 e. The van der Waals surface area contributed by atoms with Gasteiger partial charge in [0.05, 0.1) is 5.92 Å². The molecule has 0 bridgehead atoms. The summed E-state index contributed by atoms with van der Waals surface area (Å²) in [5.74, 6) is -1.51. The van der Waals surface area contributed by atoms with Gasteiger partial charge in [0.1, 0.15) is 6.04 Å². The quantitative estimate of drug-likeness (QED) is 0.457. The first-order valence-electron chi connectivity index (χ1n) is 3.46. The van der Waals surface area contributed by atoms with Gasteiger partial charge in [-0.15, -0.1) is 0 Å². The number of ether oxygens (including phenoxy) is 1. The lowest BCUT2D eigenvalue weighted by Gasteiger charge is -2.06. The maximum absolute atomic E-state index is 10.8. The third kappa shape index (κ3) is 3.72. The molecule has 0 aliphatic carbocycles. The van der Waals surface area contributed by atoms with Crippen LogP contribution in [-0.2, 0) is 14.3 Å². The molecule has 4 heteroatoms. The van der Waals surface area contributed by atoms with E-state index in [0.29, 0.717) is 0 Å². The number of hydrogen-bond acceptors (Lipinski definition) is 4. The molecule has 0 aromatic carbocycles. The van der Waals surface area contributed by atoms with Crippen LogP contribution in [0, 0.1) is 5.92 Å². The van der Waals surface area contributed by atoms with E-state index < -0.39 is 18.0 Å². The summed E-state index contributed by atoms with van der Waals surface area (Å²) in [6, 6.07) is -0.738. The molecule has 0 heterocycles. The van der Waals surface area contributed by atoms with Crippen molar-refractivity contribution in [2.24, 2.45) is 11.7 Å². The van der Waals surface area contributed by atoms with E-state index in [9.17, 15) is 9.59 Å². The van der Waals surface area contributed by atoms with Crippen LogP contribution < -0.4 is 5.73 Å². The van der Waals surface area contributed by atoms with E-state index >= 15 is 0 Å². The van der Waals surface area contributed by atoms with Gasteiger partial charge in [0, 0.05) is 0 Å². The molecule has 1 atom stereocenters. The van der Waals surface area contributed by atoms with Gasteiger partial charge in [0.15, 0.2) is 0 Å². The summed E-state index contributed by atoms with van der Waals surface area (Å²) in [4.78, 5) is 21.4. The molecule has 0 spiro atoms. The molecule has 0 rings (SSSR count). The van der Waals surface area contributed by atoms with Crippen molar-refractivity contribution in [3.05, 3.63) is 0 Å². The van der Waals surface area contributed by atoms with Crippen LogP contribution in [0.1, 0.15) is 20.8 Å². The molecule has 2 N–H and O–H groups in total. The maximum Gasteiger partial charge on any atom is 0.330 e. The number of carbonyl (C=O) groups is 2. The highest BCUT2D eigenvalue weighted by Gasteiger charge is 2.16. The van der Waals surface area contributed by atoms with E-state index in [4.69, 9.17) is 5.73 Å². The average Bonchev–Trinajstić information content (AvgIpc) is 1.87. The van der Waals surface area contributed by atoms with Crippen molar-refractivity contribution in [1.82, 2.24) is 0 Å². The summed E-state index contributed by atoms with van der Waals surface area (Å²) in [6.45, 7) is 4.77. The largest absolute Gasteiger partial charge is 0.392 e. The summed E-state index contributed by atoms with van der Waals surface area (Å²) in [5, 5.41) is 0. The molecule has 0 saturated carbocycles. The monoisotopic (exact) mass is 159 g/mol. The molecule has 0 aromatic heterocycles. The molecular weight excluding hydrogens is 146 g/mol. The summed E-state index contributed by atoms with van der Waals surface area (Å²) in [6.07, 6.45) is 0. The predicted molar refractivity (Wildman–Crippen MR) is 39.6 cm³/mol. The zero-order valence-electron chi connectivity index (χ0n) is 6.96. The van der Waals surface area contributed by atoms with Crippen LogP contribution in [0.3, 0.4) is 0 Å². The second-order valence-corrected chi connectivity index (χ2v) is 2.68. The van der Waals surface area contributed by atoms with Crippen LogP contribution in [0.25, 0.3) is 0 Å². The van der Waals surface area contributed by atoms with Gasteiger partial charge in [-0.25, -0.2) is 4.79 Å². The SMILES string of the molecule is CC(C)C(=O)OC(=O)[C@H](C)N. The van der Waals surface area contributed by atoms with E-state index in [2.05, 4.69) is 4.74 Å². The summed E-state index contributed by atoms with van der Waals surface area (Å²) in [7, 11) is 0. The molecule has 0 aliphatic heterocycles. The van der Waals surface area contributed by atoms with Crippen molar-refractivity contribution in [1.29, 1.82) is 0 Å². The molecule has 4 nitrogen and oxygen atoms in total. The van der Waals surface area contributed by atoms with Crippen LogP contribution in [0.5, 0.6) is 0 Å². The fourth-order valence-electron chi connectivity index (χ4n) is 0.310. The van der Waals surface area contributed by atoms with E-state index in [-0.39, 0.29) is 5.92 Å². The van der Waals surface area contributed by atoms with E-state index in [1.165, 1.54) is 6.92 Å². The molecule has 0 saturated heterocycles. The zero-order chi connectivity index (χ0) is 9.02. The lowest BCUT2D eigenvalue weighted by molar-refractivity contribution is -0.162. The lowest BCUT2D eigenvalue weighted by atomic mass is 10.2. The van der Waals surface area contributed by atoms with Crippen LogP contribution in [-0.4, -0.2) is 18.0 Å². The van der Waals surface area contributed by atoms with Crippen LogP contribution in [0.4, 0.5) is 0 Å². The van der Waals surface area contributed by atoms with Crippen molar-refractivity contribution in [3.8, 4) is 0 Å². The van der Waals surface area contributed by atoms with Gasteiger partial charge in [-0.3, -0.25) is 4.79 Å². The predicted octanol–water partition coefficient (Wildman–Crippen LogP) is 0.0594. The number of rotatable bonds is 2. The smallest absolute Gasteiger partial charge is 0.330 e. The van der Waals surface area contributed by atoms with Gasteiger partial charge in [0.2, 0.25) is 0 Å². The van der Waals surface area contributed by atoms with E-state index in [1.54, 1.807) is 13.8 Å². The Bertz CT molecular complexity index is 145. The Morgan fingerprint density at radius 1 is 1.18 bits per heavy atom. The van der Waals surface area contributed by atoms with Crippen LogP contribution in [0.15, 0.2) is 0 Å². The third-order valence-corrected chi connectivity index (χ3v) is 1.04. The van der Waals surface area contributed by atoms with Gasteiger partial charge < -0.3 is 10.5 Å². The third-order valence-electron chi connectivity index (χ3n) is 1.04. The minimum absolute atomic E-state index is 0.294. The van der Waals surface area contributed by atoms with Crippen molar-refractivity contribution in [2.75, 3.05) is 0 Å². The highest BCUT2D eigenvalue weighted by molar-refractivity contribution is 5.88. The van der Waals surface area contributed by atoms with Crippen LogP contribution in [0.2, 0.25) is 0 Å². The van der Waals surface area contributed by atoms with Crippen molar-refractivity contribution < 1.29 is 14.3 Å². The fourth-order valence-corrected chi connectivity index (χ4v) is 0.310. The molecule has 0 aliphatic rings. The Balaban J connectivity index is 3.86. The molecular formula is C7H13NO3. The summed E-state index contributed by atoms with van der Waals surface area (Å²) >= 11 is 0. The number of hydrogen-bond donors (Lipinski definition) is 1. The Morgan fingerprint density at radius 3 is 1.91 bits per heavy atom. The van der Waals surface area contributed by atoms with Crippen molar-refractivity contribution >= 4 is 11.9 Å². The molecule has 11 heavy (non-hydrogen) atoms. The van der Waals surface area contributed by atoms with Gasteiger partial charge in [-0.05, 0) is 6.92 Å². The topological polar surface area (TPSA) is 69.4 Å². The minimum atomic E-state index is -0.738. The number of nitrogens with two attached hydrogens (primary N) is 1. The lowest BCUT2D eigenvalue weighted by Crippen LogP contribution is -2.31. The molecule has 64 valence electrons. The first kappa shape index (κ1) is 10.1.